The highest BCUT2D eigenvalue weighted by atomic mass is 32.1. The van der Waals surface area contributed by atoms with Crippen molar-refractivity contribution in [1.29, 1.82) is 0 Å². The van der Waals surface area contributed by atoms with Gasteiger partial charge in [-0.2, -0.15) is 0 Å². The fourth-order valence-electron chi connectivity index (χ4n) is 2.63. The van der Waals surface area contributed by atoms with Crippen molar-refractivity contribution in [2.75, 3.05) is 11.9 Å². The summed E-state index contributed by atoms with van der Waals surface area (Å²) in [6.07, 6.45) is 1.04. The Morgan fingerprint density at radius 2 is 1.92 bits per heavy atom. The zero-order chi connectivity index (χ0) is 16.5. The second-order valence-corrected chi connectivity index (χ2v) is 7.00. The Morgan fingerprint density at radius 3 is 2.71 bits per heavy atom. The average Bonchev–Trinajstić information content (AvgIpc) is 2.95. The fraction of sp³-hybridized carbons (Fsp3) is 0.167. The number of aromatic nitrogens is 2. The van der Waals surface area contributed by atoms with E-state index in [1.807, 2.05) is 30.3 Å². The maximum absolute atomic E-state index is 5.32. The van der Waals surface area contributed by atoms with Gasteiger partial charge in [-0.05, 0) is 49.0 Å². The van der Waals surface area contributed by atoms with E-state index >= 15 is 0 Å². The van der Waals surface area contributed by atoms with E-state index in [0.717, 1.165) is 45.4 Å². The number of fused-ring (bicyclic) bond motifs is 4. The van der Waals surface area contributed by atoms with Crippen LogP contribution in [-0.2, 0) is 0 Å². The zero-order valence-electron chi connectivity index (χ0n) is 13.2. The first-order chi connectivity index (χ1) is 11.7. The van der Waals surface area contributed by atoms with E-state index in [0.29, 0.717) is 5.11 Å². The highest BCUT2D eigenvalue weighted by molar-refractivity contribution is 7.80. The molecule has 6 heteroatoms. The number of benzene rings is 2. The minimum Gasteiger partial charge on any atom is -0.362 e. The summed E-state index contributed by atoms with van der Waals surface area (Å²) in [5.41, 5.74) is 3.76. The molecule has 0 saturated heterocycles. The molecule has 0 aliphatic rings. The molecule has 0 amide bonds. The van der Waals surface area contributed by atoms with E-state index in [1.54, 1.807) is 11.3 Å². The molecule has 2 aromatic heterocycles. The second kappa shape index (κ2) is 6.30. The maximum atomic E-state index is 5.32. The minimum absolute atomic E-state index is 0.646. The standard InChI is InChI=1S/C18H16N4S2/c1-2-9-19-18(23)20-11-7-8-15-12(10-11)16-17(24-15)22-14-6-4-3-5-13(14)21-16/h3-8,10H,2,9H2,1H3,(H2,19,20,23). The highest BCUT2D eigenvalue weighted by Crippen LogP contribution is 2.34. The molecular formula is C18H16N4S2. The number of nitrogens with zero attached hydrogens (tertiary/aromatic N) is 2. The van der Waals surface area contributed by atoms with Crippen molar-refractivity contribution in [3.8, 4) is 0 Å². The van der Waals surface area contributed by atoms with E-state index in [1.165, 1.54) is 4.70 Å². The van der Waals surface area contributed by atoms with Crippen molar-refractivity contribution < 1.29 is 0 Å². The van der Waals surface area contributed by atoms with Gasteiger partial charge in [0.1, 0.15) is 10.3 Å². The Bertz CT molecular complexity index is 1050. The number of hydrogen-bond acceptors (Lipinski definition) is 4. The van der Waals surface area contributed by atoms with E-state index in [2.05, 4.69) is 29.7 Å². The van der Waals surface area contributed by atoms with Crippen molar-refractivity contribution in [3.63, 3.8) is 0 Å². The SMILES string of the molecule is CCCNC(=S)Nc1ccc2sc3nc4ccccc4nc3c2c1. The quantitative estimate of drug-likeness (QED) is 0.524. The van der Waals surface area contributed by atoms with Crippen molar-refractivity contribution >= 4 is 65.8 Å². The lowest BCUT2D eigenvalue weighted by Crippen LogP contribution is -2.28. The third kappa shape index (κ3) is 2.79. The molecule has 24 heavy (non-hydrogen) atoms. The monoisotopic (exact) mass is 352 g/mol. The van der Waals surface area contributed by atoms with Gasteiger partial charge in [0.15, 0.2) is 5.11 Å². The number of nitrogens with one attached hydrogen (secondary N) is 2. The van der Waals surface area contributed by atoms with Gasteiger partial charge >= 0.3 is 0 Å². The topological polar surface area (TPSA) is 49.8 Å². The number of rotatable bonds is 3. The molecule has 120 valence electrons. The van der Waals surface area contributed by atoms with Crippen LogP contribution in [0.15, 0.2) is 42.5 Å². The Morgan fingerprint density at radius 1 is 1.12 bits per heavy atom. The Kier molecular flexibility index (Phi) is 4.00. The summed E-state index contributed by atoms with van der Waals surface area (Å²) in [5, 5.41) is 8.17. The molecule has 0 atom stereocenters. The largest absolute Gasteiger partial charge is 0.362 e. The van der Waals surface area contributed by atoms with Gasteiger partial charge in [-0.15, -0.1) is 11.3 Å². The van der Waals surface area contributed by atoms with Gasteiger partial charge in [0.25, 0.3) is 0 Å². The van der Waals surface area contributed by atoms with E-state index in [4.69, 9.17) is 22.2 Å². The molecule has 2 heterocycles. The molecular weight excluding hydrogens is 336 g/mol. The molecule has 0 saturated carbocycles. The van der Waals surface area contributed by atoms with Gasteiger partial charge in [0.05, 0.1) is 11.0 Å². The lowest BCUT2D eigenvalue weighted by atomic mass is 10.2. The smallest absolute Gasteiger partial charge is 0.170 e. The molecule has 0 radical (unpaired) electrons. The predicted molar refractivity (Wildman–Crippen MR) is 107 cm³/mol. The first-order valence-electron chi connectivity index (χ1n) is 7.88. The average molecular weight is 352 g/mol. The molecule has 0 fully saturated rings. The van der Waals surface area contributed by atoms with E-state index in [9.17, 15) is 0 Å². The van der Waals surface area contributed by atoms with Crippen LogP contribution in [0.5, 0.6) is 0 Å². The zero-order valence-corrected chi connectivity index (χ0v) is 14.8. The molecule has 4 rings (SSSR count). The summed E-state index contributed by atoms with van der Waals surface area (Å²) in [7, 11) is 0. The highest BCUT2D eigenvalue weighted by Gasteiger charge is 2.10. The van der Waals surface area contributed by atoms with Crippen molar-refractivity contribution in [1.82, 2.24) is 15.3 Å². The third-order valence-electron chi connectivity index (χ3n) is 3.77. The second-order valence-electron chi connectivity index (χ2n) is 5.56. The molecule has 0 aliphatic carbocycles. The number of anilines is 1. The van der Waals surface area contributed by atoms with Crippen LogP contribution in [0.3, 0.4) is 0 Å². The lowest BCUT2D eigenvalue weighted by Gasteiger charge is -2.09. The van der Waals surface area contributed by atoms with Crippen LogP contribution in [0.4, 0.5) is 5.69 Å². The van der Waals surface area contributed by atoms with E-state index in [-0.39, 0.29) is 0 Å². The first kappa shape index (κ1) is 15.2. The summed E-state index contributed by atoms with van der Waals surface area (Å²) in [4.78, 5) is 10.5. The van der Waals surface area contributed by atoms with Crippen LogP contribution in [0.25, 0.3) is 31.5 Å². The number of thiophene rings is 1. The third-order valence-corrected chi connectivity index (χ3v) is 5.07. The predicted octanol–water partition coefficient (Wildman–Crippen LogP) is 4.69. The molecule has 0 spiro atoms. The summed E-state index contributed by atoms with van der Waals surface area (Å²) >= 11 is 6.98. The molecule has 0 aliphatic heterocycles. The molecule has 0 bridgehead atoms. The molecule has 0 unspecified atom stereocenters. The van der Waals surface area contributed by atoms with Gasteiger partial charge in [-0.3, -0.25) is 0 Å². The molecule has 4 nitrogen and oxygen atoms in total. The van der Waals surface area contributed by atoms with Gasteiger partial charge in [0.2, 0.25) is 0 Å². The van der Waals surface area contributed by atoms with Crippen molar-refractivity contribution in [3.05, 3.63) is 42.5 Å². The number of hydrogen-bond donors (Lipinski definition) is 2. The van der Waals surface area contributed by atoms with Crippen molar-refractivity contribution in [2.45, 2.75) is 13.3 Å². The fourth-order valence-corrected chi connectivity index (χ4v) is 3.86. The number of thiocarbonyl (C=S) groups is 1. The van der Waals surface area contributed by atoms with Crippen LogP contribution in [0.1, 0.15) is 13.3 Å². The van der Waals surface area contributed by atoms with Gasteiger partial charge < -0.3 is 10.6 Å². The van der Waals surface area contributed by atoms with Crippen LogP contribution in [-0.4, -0.2) is 21.6 Å². The summed E-state index contributed by atoms with van der Waals surface area (Å²) < 4.78 is 1.18. The van der Waals surface area contributed by atoms with Crippen molar-refractivity contribution in [2.24, 2.45) is 0 Å². The van der Waals surface area contributed by atoms with Gasteiger partial charge in [0, 0.05) is 22.3 Å². The molecule has 2 aromatic carbocycles. The Balaban J connectivity index is 1.78. The van der Waals surface area contributed by atoms with E-state index < -0.39 is 0 Å². The minimum atomic E-state index is 0.646. The maximum Gasteiger partial charge on any atom is 0.170 e. The van der Waals surface area contributed by atoms with Crippen LogP contribution in [0.2, 0.25) is 0 Å². The normalized spacial score (nSPS) is 11.2. The van der Waals surface area contributed by atoms with Gasteiger partial charge in [-0.25, -0.2) is 9.97 Å². The van der Waals surface area contributed by atoms with Crippen LogP contribution < -0.4 is 10.6 Å². The van der Waals surface area contributed by atoms with Crippen LogP contribution in [0, 0.1) is 0 Å². The Labute approximate surface area is 148 Å². The number of para-hydroxylation sites is 2. The first-order valence-corrected chi connectivity index (χ1v) is 9.11. The summed E-state index contributed by atoms with van der Waals surface area (Å²) in [6, 6.07) is 14.2. The van der Waals surface area contributed by atoms with Gasteiger partial charge in [-0.1, -0.05) is 19.1 Å². The molecule has 2 N–H and O–H groups in total. The molecule has 4 aromatic rings. The Hall–Kier alpha value is -2.31. The summed E-state index contributed by atoms with van der Waals surface area (Å²) in [5.74, 6) is 0. The lowest BCUT2D eigenvalue weighted by molar-refractivity contribution is 0.846. The summed E-state index contributed by atoms with van der Waals surface area (Å²) in [6.45, 7) is 2.98. The van der Waals surface area contributed by atoms with Crippen LogP contribution >= 0.6 is 23.6 Å².